The van der Waals surface area contributed by atoms with Crippen LogP contribution in [0.4, 0.5) is 5.69 Å². The van der Waals surface area contributed by atoms with Crippen molar-refractivity contribution in [1.82, 2.24) is 4.90 Å². The topological polar surface area (TPSA) is 32.8 Å². The number of piperazine rings is 1. The number of hydrogen-bond donors (Lipinski definition) is 0. The van der Waals surface area contributed by atoms with Crippen LogP contribution in [-0.4, -0.2) is 44.1 Å². The molecule has 6 heteroatoms. The molecule has 0 aromatic heterocycles. The van der Waals surface area contributed by atoms with Gasteiger partial charge in [0.25, 0.3) is 5.91 Å². The van der Waals surface area contributed by atoms with E-state index in [1.807, 2.05) is 11.0 Å². The number of halogens is 2. The third-order valence-corrected chi connectivity index (χ3v) is 4.71. The Hall–Kier alpha value is -1.91. The van der Waals surface area contributed by atoms with Gasteiger partial charge in [-0.15, -0.1) is 0 Å². The lowest BCUT2D eigenvalue weighted by molar-refractivity contribution is 0.0747. The minimum atomic E-state index is 0.0366. The van der Waals surface area contributed by atoms with Gasteiger partial charge in [0.2, 0.25) is 0 Å². The number of anilines is 1. The maximum absolute atomic E-state index is 12.6. The van der Waals surface area contributed by atoms with E-state index < -0.39 is 0 Å². The summed E-state index contributed by atoms with van der Waals surface area (Å²) in [7, 11) is 1.61. The summed E-state index contributed by atoms with van der Waals surface area (Å²) >= 11 is 12.3. The van der Waals surface area contributed by atoms with E-state index in [0.717, 1.165) is 24.5 Å². The maximum Gasteiger partial charge on any atom is 0.253 e. The summed E-state index contributed by atoms with van der Waals surface area (Å²) in [4.78, 5) is 16.6. The molecule has 24 heavy (non-hydrogen) atoms. The molecule has 126 valence electrons. The first-order valence-corrected chi connectivity index (χ1v) is 8.47. The van der Waals surface area contributed by atoms with Gasteiger partial charge in [0.1, 0.15) is 5.75 Å². The van der Waals surface area contributed by atoms with Crippen LogP contribution in [0.2, 0.25) is 10.0 Å². The van der Waals surface area contributed by atoms with Crippen LogP contribution in [-0.2, 0) is 0 Å². The third kappa shape index (κ3) is 3.60. The largest absolute Gasteiger partial charge is 0.497 e. The first kappa shape index (κ1) is 16.9. The monoisotopic (exact) mass is 364 g/mol. The van der Waals surface area contributed by atoms with Crippen molar-refractivity contribution in [3.05, 3.63) is 58.1 Å². The third-order valence-electron chi connectivity index (χ3n) is 4.15. The lowest BCUT2D eigenvalue weighted by Crippen LogP contribution is -2.48. The molecular formula is C18H18Cl2N2O2. The van der Waals surface area contributed by atoms with Crippen LogP contribution in [0.1, 0.15) is 10.4 Å². The normalized spacial score (nSPS) is 14.6. The molecule has 1 fully saturated rings. The number of nitrogens with zero attached hydrogens (tertiary/aromatic N) is 2. The molecule has 0 bridgehead atoms. The van der Waals surface area contributed by atoms with E-state index in [1.54, 1.807) is 43.5 Å². The second kappa shape index (κ2) is 7.32. The average molecular weight is 365 g/mol. The fourth-order valence-corrected chi connectivity index (χ4v) is 3.20. The van der Waals surface area contributed by atoms with E-state index in [4.69, 9.17) is 27.9 Å². The summed E-state index contributed by atoms with van der Waals surface area (Å²) in [6.45, 7) is 2.74. The van der Waals surface area contributed by atoms with Gasteiger partial charge in [-0.05, 0) is 42.5 Å². The Morgan fingerprint density at radius 1 is 1.00 bits per heavy atom. The van der Waals surface area contributed by atoms with Crippen LogP contribution in [0.5, 0.6) is 5.75 Å². The van der Waals surface area contributed by atoms with Gasteiger partial charge in [-0.25, -0.2) is 0 Å². The summed E-state index contributed by atoms with van der Waals surface area (Å²) < 4.78 is 5.12. The number of carbonyl (C=O) groups excluding carboxylic acids is 1. The molecule has 2 aromatic carbocycles. The Morgan fingerprint density at radius 2 is 1.67 bits per heavy atom. The van der Waals surface area contributed by atoms with E-state index in [0.29, 0.717) is 28.7 Å². The van der Waals surface area contributed by atoms with Crippen molar-refractivity contribution in [2.75, 3.05) is 38.2 Å². The molecule has 0 spiro atoms. The lowest BCUT2D eigenvalue weighted by atomic mass is 10.1. The fraction of sp³-hybridized carbons (Fsp3) is 0.278. The Morgan fingerprint density at radius 3 is 2.29 bits per heavy atom. The van der Waals surface area contributed by atoms with Crippen LogP contribution >= 0.6 is 23.2 Å². The Bertz CT molecular complexity index is 726. The Balaban J connectivity index is 1.65. The van der Waals surface area contributed by atoms with Crippen molar-refractivity contribution < 1.29 is 9.53 Å². The number of amides is 1. The molecule has 0 saturated carbocycles. The molecule has 4 nitrogen and oxygen atoms in total. The van der Waals surface area contributed by atoms with Crippen LogP contribution < -0.4 is 9.64 Å². The quantitative estimate of drug-likeness (QED) is 0.825. The summed E-state index contributed by atoms with van der Waals surface area (Å²) in [5.74, 6) is 0.779. The minimum Gasteiger partial charge on any atom is -0.497 e. The molecule has 0 N–H and O–H groups in total. The Labute approximate surface area is 151 Å². The molecule has 0 atom stereocenters. The highest BCUT2D eigenvalue weighted by Gasteiger charge is 2.23. The summed E-state index contributed by atoms with van der Waals surface area (Å²) in [6.07, 6.45) is 0. The SMILES string of the molecule is COc1ccc(C(=O)N2CCN(c3cc(Cl)ccc3Cl)CC2)cc1. The highest BCUT2D eigenvalue weighted by molar-refractivity contribution is 6.35. The van der Waals surface area contributed by atoms with Gasteiger partial charge in [0.05, 0.1) is 17.8 Å². The smallest absolute Gasteiger partial charge is 0.253 e. The van der Waals surface area contributed by atoms with Crippen molar-refractivity contribution in [3.63, 3.8) is 0 Å². The van der Waals surface area contributed by atoms with E-state index >= 15 is 0 Å². The number of benzene rings is 2. The second-order valence-corrected chi connectivity index (χ2v) is 6.45. The van der Waals surface area contributed by atoms with E-state index in [-0.39, 0.29) is 5.91 Å². The van der Waals surface area contributed by atoms with Gasteiger partial charge < -0.3 is 14.5 Å². The van der Waals surface area contributed by atoms with Crippen molar-refractivity contribution in [1.29, 1.82) is 0 Å². The Kier molecular flexibility index (Phi) is 5.17. The number of rotatable bonds is 3. The van der Waals surface area contributed by atoms with Crippen molar-refractivity contribution in [3.8, 4) is 5.75 Å². The molecule has 1 amide bonds. The first-order chi connectivity index (χ1) is 11.6. The molecular weight excluding hydrogens is 347 g/mol. The zero-order valence-electron chi connectivity index (χ0n) is 13.3. The molecule has 2 aromatic rings. The van der Waals surface area contributed by atoms with Crippen LogP contribution in [0.25, 0.3) is 0 Å². The molecule has 1 saturated heterocycles. The molecule has 0 unspecified atom stereocenters. The standard InChI is InChI=1S/C18H18Cl2N2O2/c1-24-15-5-2-13(3-6-15)18(23)22-10-8-21(9-11-22)17-12-14(19)4-7-16(17)20/h2-7,12H,8-11H2,1H3. The van der Waals surface area contributed by atoms with Gasteiger partial charge in [0.15, 0.2) is 0 Å². The lowest BCUT2D eigenvalue weighted by Gasteiger charge is -2.36. The van der Waals surface area contributed by atoms with Crippen molar-refractivity contribution >= 4 is 34.8 Å². The zero-order valence-corrected chi connectivity index (χ0v) is 14.8. The van der Waals surface area contributed by atoms with Gasteiger partial charge in [-0.2, -0.15) is 0 Å². The van der Waals surface area contributed by atoms with E-state index in [1.165, 1.54) is 0 Å². The predicted octanol–water partition coefficient (Wildman–Crippen LogP) is 3.96. The molecule has 0 radical (unpaired) electrons. The zero-order chi connectivity index (χ0) is 17.1. The predicted molar refractivity (Wildman–Crippen MR) is 97.6 cm³/mol. The van der Waals surface area contributed by atoms with Crippen LogP contribution in [0.15, 0.2) is 42.5 Å². The number of methoxy groups -OCH3 is 1. The molecule has 1 aliphatic heterocycles. The molecule has 1 heterocycles. The number of hydrogen-bond acceptors (Lipinski definition) is 3. The van der Waals surface area contributed by atoms with Crippen LogP contribution in [0.3, 0.4) is 0 Å². The summed E-state index contributed by atoms with van der Waals surface area (Å²) in [5, 5.41) is 1.33. The second-order valence-electron chi connectivity index (χ2n) is 5.60. The fourth-order valence-electron chi connectivity index (χ4n) is 2.79. The highest BCUT2D eigenvalue weighted by atomic mass is 35.5. The maximum atomic E-state index is 12.6. The first-order valence-electron chi connectivity index (χ1n) is 7.72. The molecule has 0 aliphatic carbocycles. The average Bonchev–Trinajstić information content (AvgIpc) is 2.63. The van der Waals surface area contributed by atoms with Crippen molar-refractivity contribution in [2.45, 2.75) is 0 Å². The van der Waals surface area contributed by atoms with E-state index in [9.17, 15) is 4.79 Å². The molecule has 1 aliphatic rings. The number of ether oxygens (including phenoxy) is 1. The van der Waals surface area contributed by atoms with Gasteiger partial charge in [0, 0.05) is 36.8 Å². The highest BCUT2D eigenvalue weighted by Crippen LogP contribution is 2.29. The summed E-state index contributed by atoms with van der Waals surface area (Å²) in [6, 6.07) is 12.6. The van der Waals surface area contributed by atoms with E-state index in [2.05, 4.69) is 4.90 Å². The summed E-state index contributed by atoms with van der Waals surface area (Å²) in [5.41, 5.74) is 1.59. The van der Waals surface area contributed by atoms with Crippen molar-refractivity contribution in [2.24, 2.45) is 0 Å². The van der Waals surface area contributed by atoms with Crippen LogP contribution in [0, 0.1) is 0 Å². The number of carbonyl (C=O) groups is 1. The van der Waals surface area contributed by atoms with Gasteiger partial charge in [-0.3, -0.25) is 4.79 Å². The van der Waals surface area contributed by atoms with Gasteiger partial charge in [-0.1, -0.05) is 23.2 Å². The molecule has 3 rings (SSSR count). The van der Waals surface area contributed by atoms with Gasteiger partial charge >= 0.3 is 0 Å². The minimum absolute atomic E-state index is 0.0366.